The Morgan fingerprint density at radius 3 is 2.35 bits per heavy atom. The first kappa shape index (κ1) is 19.3. The van der Waals surface area contributed by atoms with Gasteiger partial charge in [0.2, 0.25) is 0 Å². The van der Waals surface area contributed by atoms with E-state index in [1.165, 1.54) is 16.7 Å². The summed E-state index contributed by atoms with van der Waals surface area (Å²) in [4.78, 5) is 13.7. The van der Waals surface area contributed by atoms with E-state index < -0.39 is 5.97 Å². The maximum atomic E-state index is 11.4. The largest absolute Gasteiger partial charge is 0.477 e. The number of nitrogens with one attached hydrogen (secondary N) is 2. The third kappa shape index (κ3) is 3.75. The summed E-state index contributed by atoms with van der Waals surface area (Å²) in [5.74, 6) is -0.951. The SMILES string of the molecule is O=C(O)c1[nH]ncc1CN1CCc2[nH]nc(C(c3ccccc3)c3ccccc3)c2C1. The van der Waals surface area contributed by atoms with Crippen LogP contribution in [0.15, 0.2) is 66.9 Å². The number of aromatic carboxylic acids is 1. The minimum absolute atomic E-state index is 0.0332. The average Bonchev–Trinajstić information content (AvgIpc) is 3.43. The predicted molar refractivity (Wildman–Crippen MR) is 116 cm³/mol. The standard InChI is InChI=1S/C24H23N5O2/c30-24(31)22-18(13-25-27-22)14-29-12-11-20-19(15-29)23(28-26-20)21(16-7-3-1-4-8-16)17-9-5-2-6-10-17/h1-10,13,21H,11-12,14-15H2,(H,25,27)(H,26,28)(H,30,31). The van der Waals surface area contributed by atoms with Crippen molar-refractivity contribution in [2.45, 2.75) is 25.4 Å². The lowest BCUT2D eigenvalue weighted by molar-refractivity contribution is 0.0687. The van der Waals surface area contributed by atoms with Crippen LogP contribution in [0.2, 0.25) is 0 Å². The van der Waals surface area contributed by atoms with Crippen molar-refractivity contribution in [3.63, 3.8) is 0 Å². The number of nitrogens with zero attached hydrogens (tertiary/aromatic N) is 3. The van der Waals surface area contributed by atoms with E-state index in [1.54, 1.807) is 6.20 Å². The van der Waals surface area contributed by atoms with Crippen LogP contribution in [0.1, 0.15) is 50.0 Å². The fourth-order valence-electron chi connectivity index (χ4n) is 4.40. The normalized spacial score (nSPS) is 14.0. The van der Waals surface area contributed by atoms with Crippen LogP contribution in [0.5, 0.6) is 0 Å². The monoisotopic (exact) mass is 413 g/mol. The molecule has 0 radical (unpaired) electrons. The lowest BCUT2D eigenvalue weighted by atomic mass is 9.85. The highest BCUT2D eigenvalue weighted by molar-refractivity contribution is 5.86. The smallest absolute Gasteiger partial charge is 0.354 e. The van der Waals surface area contributed by atoms with Crippen molar-refractivity contribution in [1.82, 2.24) is 25.3 Å². The zero-order valence-electron chi connectivity index (χ0n) is 17.0. The number of fused-ring (bicyclic) bond motifs is 1. The molecule has 1 aliphatic rings. The number of aromatic nitrogens is 4. The molecule has 0 bridgehead atoms. The zero-order valence-corrected chi connectivity index (χ0v) is 17.0. The molecule has 0 aliphatic carbocycles. The van der Waals surface area contributed by atoms with Gasteiger partial charge in [0.1, 0.15) is 5.69 Å². The highest BCUT2D eigenvalue weighted by Gasteiger charge is 2.29. The van der Waals surface area contributed by atoms with Gasteiger partial charge in [0.15, 0.2) is 0 Å². The van der Waals surface area contributed by atoms with Crippen molar-refractivity contribution in [1.29, 1.82) is 0 Å². The van der Waals surface area contributed by atoms with Crippen LogP contribution in [0.4, 0.5) is 0 Å². The fraction of sp³-hybridized carbons (Fsp3) is 0.208. The van der Waals surface area contributed by atoms with Gasteiger partial charge in [-0.05, 0) is 11.1 Å². The van der Waals surface area contributed by atoms with Crippen LogP contribution in [0, 0.1) is 0 Å². The van der Waals surface area contributed by atoms with E-state index in [0.29, 0.717) is 18.7 Å². The number of carbonyl (C=O) groups is 1. The molecule has 0 amide bonds. The van der Waals surface area contributed by atoms with Crippen LogP contribution in [-0.2, 0) is 19.5 Å². The summed E-state index contributed by atoms with van der Waals surface area (Å²) in [7, 11) is 0. The van der Waals surface area contributed by atoms with Gasteiger partial charge in [-0.2, -0.15) is 10.2 Å². The molecule has 1 aliphatic heterocycles. The Bertz CT molecular complexity index is 1140. The topological polar surface area (TPSA) is 97.9 Å². The van der Waals surface area contributed by atoms with Crippen LogP contribution in [-0.4, -0.2) is 42.9 Å². The van der Waals surface area contributed by atoms with Crippen molar-refractivity contribution >= 4 is 5.97 Å². The summed E-state index contributed by atoms with van der Waals surface area (Å²) < 4.78 is 0. The lowest BCUT2D eigenvalue weighted by Gasteiger charge is -2.28. The average molecular weight is 413 g/mol. The van der Waals surface area contributed by atoms with Crippen molar-refractivity contribution in [2.24, 2.45) is 0 Å². The molecule has 31 heavy (non-hydrogen) atoms. The number of aromatic amines is 2. The molecule has 7 heteroatoms. The molecule has 4 aromatic rings. The Labute approximate surface area is 179 Å². The van der Waals surface area contributed by atoms with Gasteiger partial charge in [-0.25, -0.2) is 4.79 Å². The van der Waals surface area contributed by atoms with Crippen molar-refractivity contribution < 1.29 is 9.90 Å². The molecule has 5 rings (SSSR count). The molecule has 2 aromatic heterocycles. The second kappa shape index (κ2) is 8.20. The summed E-state index contributed by atoms with van der Waals surface area (Å²) in [6.07, 6.45) is 2.45. The number of H-pyrrole nitrogens is 2. The summed E-state index contributed by atoms with van der Waals surface area (Å²) in [6.45, 7) is 2.07. The maximum absolute atomic E-state index is 11.4. The molecule has 0 saturated carbocycles. The number of rotatable bonds is 6. The second-order valence-electron chi connectivity index (χ2n) is 7.86. The summed E-state index contributed by atoms with van der Waals surface area (Å²) >= 11 is 0. The number of carboxylic acid groups (broad SMARTS) is 1. The van der Waals surface area contributed by atoms with Crippen LogP contribution in [0.25, 0.3) is 0 Å². The second-order valence-corrected chi connectivity index (χ2v) is 7.86. The Morgan fingerprint density at radius 1 is 1.03 bits per heavy atom. The van der Waals surface area contributed by atoms with Gasteiger partial charge in [0.05, 0.1) is 17.8 Å². The summed E-state index contributed by atoms with van der Waals surface area (Å²) in [5, 5.41) is 23.9. The van der Waals surface area contributed by atoms with Crippen molar-refractivity contribution in [3.05, 3.63) is 106 Å². The molecule has 0 saturated heterocycles. The Balaban J connectivity index is 1.49. The molecular weight excluding hydrogens is 390 g/mol. The molecule has 156 valence electrons. The minimum Gasteiger partial charge on any atom is -0.477 e. The van der Waals surface area contributed by atoms with Gasteiger partial charge in [-0.1, -0.05) is 60.7 Å². The van der Waals surface area contributed by atoms with E-state index in [4.69, 9.17) is 5.10 Å². The summed E-state index contributed by atoms with van der Waals surface area (Å²) in [5.41, 5.74) is 6.64. The Kier molecular flexibility index (Phi) is 5.09. The molecular formula is C24H23N5O2. The van der Waals surface area contributed by atoms with E-state index in [-0.39, 0.29) is 11.6 Å². The Hall–Kier alpha value is -3.71. The number of hydrogen-bond acceptors (Lipinski definition) is 4. The van der Waals surface area contributed by atoms with Crippen LogP contribution < -0.4 is 0 Å². The molecule has 0 atom stereocenters. The van der Waals surface area contributed by atoms with Gasteiger partial charge in [-0.15, -0.1) is 0 Å². The number of hydrogen-bond donors (Lipinski definition) is 3. The highest BCUT2D eigenvalue weighted by Crippen LogP contribution is 2.35. The Morgan fingerprint density at radius 2 is 1.71 bits per heavy atom. The lowest BCUT2D eigenvalue weighted by Crippen LogP contribution is -2.31. The predicted octanol–water partition coefficient (Wildman–Crippen LogP) is 3.57. The quantitative estimate of drug-likeness (QED) is 0.449. The van der Waals surface area contributed by atoms with E-state index in [0.717, 1.165) is 24.4 Å². The first-order valence-electron chi connectivity index (χ1n) is 10.3. The number of benzene rings is 2. The van der Waals surface area contributed by atoms with Crippen molar-refractivity contribution in [3.8, 4) is 0 Å². The molecule has 0 spiro atoms. The van der Waals surface area contributed by atoms with Gasteiger partial charge in [0.25, 0.3) is 0 Å². The molecule has 3 N–H and O–H groups in total. The van der Waals surface area contributed by atoms with Gasteiger partial charge in [0, 0.05) is 42.9 Å². The van der Waals surface area contributed by atoms with Crippen molar-refractivity contribution in [2.75, 3.05) is 6.54 Å². The van der Waals surface area contributed by atoms with E-state index in [9.17, 15) is 9.90 Å². The molecule has 0 fully saturated rings. The van der Waals surface area contributed by atoms with Crippen LogP contribution in [0.3, 0.4) is 0 Å². The minimum atomic E-state index is -0.984. The van der Waals surface area contributed by atoms with Gasteiger partial charge >= 0.3 is 5.97 Å². The molecule has 2 aromatic carbocycles. The highest BCUT2D eigenvalue weighted by atomic mass is 16.4. The molecule has 7 nitrogen and oxygen atoms in total. The zero-order chi connectivity index (χ0) is 21.2. The van der Waals surface area contributed by atoms with Gasteiger partial charge in [-0.3, -0.25) is 15.1 Å². The maximum Gasteiger partial charge on any atom is 0.354 e. The third-order valence-corrected chi connectivity index (χ3v) is 5.91. The molecule has 0 unspecified atom stereocenters. The van der Waals surface area contributed by atoms with Gasteiger partial charge < -0.3 is 5.11 Å². The fourth-order valence-corrected chi connectivity index (χ4v) is 4.40. The summed E-state index contributed by atoms with van der Waals surface area (Å²) in [6, 6.07) is 20.9. The third-order valence-electron chi connectivity index (χ3n) is 5.91. The van der Waals surface area contributed by atoms with E-state index in [1.807, 2.05) is 12.1 Å². The van der Waals surface area contributed by atoms with Crippen LogP contribution >= 0.6 is 0 Å². The first-order chi connectivity index (χ1) is 15.2. The van der Waals surface area contributed by atoms with E-state index >= 15 is 0 Å². The van der Waals surface area contributed by atoms with E-state index in [2.05, 4.69) is 68.7 Å². The number of carboxylic acids is 1. The first-order valence-corrected chi connectivity index (χ1v) is 10.3. The molecule has 3 heterocycles.